The Labute approximate surface area is 132 Å². The molecule has 0 N–H and O–H groups in total. The Kier molecular flexibility index (Phi) is 3.22. The van der Waals surface area contributed by atoms with Gasteiger partial charge in [-0.1, -0.05) is 24.3 Å². The maximum Gasteiger partial charge on any atom is 0.278 e. The molecule has 1 aromatic carbocycles. The molecule has 0 unspecified atom stereocenters. The van der Waals surface area contributed by atoms with Crippen LogP contribution in [0, 0.1) is 6.92 Å². The van der Waals surface area contributed by atoms with Gasteiger partial charge >= 0.3 is 0 Å². The minimum atomic E-state index is -0.513. The van der Waals surface area contributed by atoms with Gasteiger partial charge in [-0.05, 0) is 37.0 Å². The van der Waals surface area contributed by atoms with Gasteiger partial charge in [-0.25, -0.2) is 14.4 Å². The predicted molar refractivity (Wildman–Crippen MR) is 87.1 cm³/mol. The molecule has 23 heavy (non-hydrogen) atoms. The molecule has 1 saturated carbocycles. The van der Waals surface area contributed by atoms with Crippen molar-refractivity contribution in [2.24, 2.45) is 0 Å². The SMILES string of the molecule is Cc1ccnc2c1nc(-c1ccc(CF)cc1)c(=O)n2C1CC1. The summed E-state index contributed by atoms with van der Waals surface area (Å²) in [6.07, 6.45) is 3.71. The van der Waals surface area contributed by atoms with Crippen LogP contribution in [0.25, 0.3) is 22.4 Å². The first-order valence-corrected chi connectivity index (χ1v) is 7.72. The van der Waals surface area contributed by atoms with E-state index in [1.165, 1.54) is 0 Å². The summed E-state index contributed by atoms with van der Waals surface area (Å²) in [6, 6.07) is 9.01. The van der Waals surface area contributed by atoms with Crippen molar-refractivity contribution in [3.63, 3.8) is 0 Å². The number of hydrogen-bond acceptors (Lipinski definition) is 3. The van der Waals surface area contributed by atoms with E-state index in [0.717, 1.165) is 23.9 Å². The summed E-state index contributed by atoms with van der Waals surface area (Å²) in [5, 5.41) is 0. The molecular weight excluding hydrogens is 293 g/mol. The summed E-state index contributed by atoms with van der Waals surface area (Å²) in [7, 11) is 0. The minimum Gasteiger partial charge on any atom is -0.286 e. The van der Waals surface area contributed by atoms with Crippen LogP contribution >= 0.6 is 0 Å². The van der Waals surface area contributed by atoms with Crippen molar-refractivity contribution in [3.8, 4) is 11.3 Å². The number of benzene rings is 1. The molecule has 0 aliphatic heterocycles. The van der Waals surface area contributed by atoms with Crippen LogP contribution in [0.15, 0.2) is 41.3 Å². The fraction of sp³-hybridized carbons (Fsp3) is 0.278. The molecule has 0 amide bonds. The second-order valence-electron chi connectivity index (χ2n) is 6.00. The Morgan fingerprint density at radius 3 is 2.61 bits per heavy atom. The molecule has 0 bridgehead atoms. The summed E-state index contributed by atoms with van der Waals surface area (Å²) in [6.45, 7) is 1.45. The van der Waals surface area contributed by atoms with Crippen molar-refractivity contribution < 1.29 is 4.39 Å². The number of aromatic nitrogens is 3. The number of pyridine rings is 1. The molecular formula is C18H16FN3O. The van der Waals surface area contributed by atoms with E-state index in [9.17, 15) is 9.18 Å². The van der Waals surface area contributed by atoms with E-state index in [0.29, 0.717) is 22.5 Å². The Bertz CT molecular complexity index is 943. The highest BCUT2D eigenvalue weighted by molar-refractivity contribution is 5.77. The first-order chi connectivity index (χ1) is 11.2. The molecule has 116 valence electrons. The zero-order valence-corrected chi connectivity index (χ0v) is 12.8. The van der Waals surface area contributed by atoms with Gasteiger partial charge in [-0.15, -0.1) is 0 Å². The Morgan fingerprint density at radius 1 is 1.22 bits per heavy atom. The second kappa shape index (κ2) is 5.26. The van der Waals surface area contributed by atoms with Crippen molar-refractivity contribution in [2.45, 2.75) is 32.5 Å². The van der Waals surface area contributed by atoms with E-state index in [4.69, 9.17) is 0 Å². The van der Waals surface area contributed by atoms with Crippen LogP contribution in [0.1, 0.15) is 30.0 Å². The molecule has 1 fully saturated rings. The third kappa shape index (κ3) is 2.32. The largest absolute Gasteiger partial charge is 0.286 e. The fourth-order valence-corrected chi connectivity index (χ4v) is 2.83. The summed E-state index contributed by atoms with van der Waals surface area (Å²) < 4.78 is 14.5. The Hall–Kier alpha value is -2.56. The summed E-state index contributed by atoms with van der Waals surface area (Å²) in [4.78, 5) is 21.9. The molecule has 2 aromatic heterocycles. The van der Waals surface area contributed by atoms with Gasteiger partial charge in [0.05, 0.1) is 0 Å². The van der Waals surface area contributed by atoms with Gasteiger partial charge < -0.3 is 0 Å². The summed E-state index contributed by atoms with van der Waals surface area (Å²) >= 11 is 0. The van der Waals surface area contributed by atoms with Crippen molar-refractivity contribution in [2.75, 3.05) is 0 Å². The van der Waals surface area contributed by atoms with Gasteiger partial charge in [-0.2, -0.15) is 0 Å². The van der Waals surface area contributed by atoms with Crippen LogP contribution in [-0.2, 0) is 6.67 Å². The Morgan fingerprint density at radius 2 is 1.96 bits per heavy atom. The first-order valence-electron chi connectivity index (χ1n) is 7.72. The average molecular weight is 309 g/mol. The molecule has 0 atom stereocenters. The monoisotopic (exact) mass is 309 g/mol. The molecule has 5 heteroatoms. The molecule has 0 saturated heterocycles. The van der Waals surface area contributed by atoms with Gasteiger partial charge in [0.15, 0.2) is 5.65 Å². The predicted octanol–water partition coefficient (Wildman–Crippen LogP) is 3.57. The standard InChI is InChI=1S/C18H16FN3O/c1-11-8-9-20-17-15(11)21-16(18(23)22(17)14-6-7-14)13-4-2-12(10-19)3-5-13/h2-5,8-9,14H,6-7,10H2,1H3. The smallest absolute Gasteiger partial charge is 0.278 e. The van der Waals surface area contributed by atoms with E-state index < -0.39 is 6.67 Å². The van der Waals surface area contributed by atoms with Gasteiger partial charge in [0.1, 0.15) is 17.9 Å². The normalized spacial score (nSPS) is 14.3. The number of alkyl halides is 1. The summed E-state index contributed by atoms with van der Waals surface area (Å²) in [5.74, 6) is 0. The average Bonchev–Trinajstić information content (AvgIpc) is 3.40. The molecule has 1 aliphatic carbocycles. The second-order valence-corrected chi connectivity index (χ2v) is 6.00. The van der Waals surface area contributed by atoms with Crippen molar-refractivity contribution in [1.82, 2.24) is 14.5 Å². The molecule has 4 nitrogen and oxygen atoms in total. The zero-order valence-electron chi connectivity index (χ0n) is 12.8. The van der Waals surface area contributed by atoms with E-state index in [1.807, 2.05) is 13.0 Å². The van der Waals surface area contributed by atoms with Crippen LogP contribution < -0.4 is 5.56 Å². The van der Waals surface area contributed by atoms with Crippen LogP contribution in [0.2, 0.25) is 0 Å². The molecule has 2 heterocycles. The molecule has 0 radical (unpaired) electrons. The van der Waals surface area contributed by atoms with E-state index in [1.54, 1.807) is 35.0 Å². The molecule has 1 aliphatic rings. The lowest BCUT2D eigenvalue weighted by Gasteiger charge is -2.12. The first kappa shape index (κ1) is 14.1. The maximum atomic E-state index is 12.9. The quantitative estimate of drug-likeness (QED) is 0.743. The highest BCUT2D eigenvalue weighted by Gasteiger charge is 2.28. The number of fused-ring (bicyclic) bond motifs is 1. The fourth-order valence-electron chi connectivity index (χ4n) is 2.83. The van der Waals surface area contributed by atoms with Crippen LogP contribution in [-0.4, -0.2) is 14.5 Å². The van der Waals surface area contributed by atoms with Gasteiger partial charge in [0.25, 0.3) is 5.56 Å². The topological polar surface area (TPSA) is 47.8 Å². The van der Waals surface area contributed by atoms with E-state index >= 15 is 0 Å². The molecule has 3 aromatic rings. The highest BCUT2D eigenvalue weighted by Crippen LogP contribution is 2.36. The highest BCUT2D eigenvalue weighted by atomic mass is 19.1. The van der Waals surface area contributed by atoms with Crippen molar-refractivity contribution >= 4 is 11.2 Å². The lowest BCUT2D eigenvalue weighted by molar-refractivity contribution is 0.485. The van der Waals surface area contributed by atoms with Gasteiger partial charge in [-0.3, -0.25) is 9.36 Å². The lowest BCUT2D eigenvalue weighted by atomic mass is 10.1. The molecule has 4 rings (SSSR count). The lowest BCUT2D eigenvalue weighted by Crippen LogP contribution is -2.23. The number of hydrogen-bond donors (Lipinski definition) is 0. The van der Waals surface area contributed by atoms with Crippen LogP contribution in [0.3, 0.4) is 0 Å². The third-order valence-electron chi connectivity index (χ3n) is 4.27. The number of nitrogens with zero attached hydrogens (tertiary/aromatic N) is 3. The van der Waals surface area contributed by atoms with Gasteiger partial charge in [0, 0.05) is 17.8 Å². The van der Waals surface area contributed by atoms with E-state index in [-0.39, 0.29) is 11.6 Å². The number of rotatable bonds is 3. The maximum absolute atomic E-state index is 12.9. The van der Waals surface area contributed by atoms with E-state index in [2.05, 4.69) is 9.97 Å². The zero-order chi connectivity index (χ0) is 16.0. The Balaban J connectivity index is 2.01. The van der Waals surface area contributed by atoms with Gasteiger partial charge in [0.2, 0.25) is 0 Å². The minimum absolute atomic E-state index is 0.119. The van der Waals surface area contributed by atoms with Crippen molar-refractivity contribution in [1.29, 1.82) is 0 Å². The summed E-state index contributed by atoms with van der Waals surface area (Å²) in [5.41, 5.74) is 4.00. The number of aryl methyl sites for hydroxylation is 1. The molecule has 0 spiro atoms. The van der Waals surface area contributed by atoms with Crippen LogP contribution in [0.4, 0.5) is 4.39 Å². The van der Waals surface area contributed by atoms with Crippen molar-refractivity contribution in [3.05, 3.63) is 58.0 Å². The van der Waals surface area contributed by atoms with Crippen LogP contribution in [0.5, 0.6) is 0 Å². The number of halogens is 1. The third-order valence-corrected chi connectivity index (χ3v) is 4.27.